The maximum absolute atomic E-state index is 9.53. The summed E-state index contributed by atoms with van der Waals surface area (Å²) in [5.41, 5.74) is 0. The van der Waals surface area contributed by atoms with Gasteiger partial charge in [-0.3, -0.25) is 4.68 Å². The molecule has 1 radical (unpaired) electrons. The number of ether oxygens (including phenoxy) is 2. The molecule has 1 aromatic rings. The van der Waals surface area contributed by atoms with Crippen LogP contribution in [0.3, 0.4) is 0 Å². The van der Waals surface area contributed by atoms with Crippen LogP contribution in [-0.2, 0) is 9.47 Å². The Bertz CT molecular complexity index is 314. The molecule has 2 saturated heterocycles. The molecule has 4 atom stereocenters. The molecule has 3 heterocycles. The van der Waals surface area contributed by atoms with Gasteiger partial charge in [-0.2, -0.15) is 5.10 Å². The Morgan fingerprint density at radius 2 is 2.21 bits per heavy atom. The van der Waals surface area contributed by atoms with E-state index in [1.165, 1.54) is 0 Å². The van der Waals surface area contributed by atoms with Gasteiger partial charge in [-0.25, -0.2) is 0 Å². The molecule has 0 bridgehead atoms. The van der Waals surface area contributed by atoms with Crippen LogP contribution in [0.5, 0.6) is 0 Å². The summed E-state index contributed by atoms with van der Waals surface area (Å²) in [5, 5.41) is 13.6. The molecule has 0 aliphatic carbocycles. The minimum absolute atomic E-state index is 0.0710. The van der Waals surface area contributed by atoms with Gasteiger partial charge in [-0.15, -0.1) is 0 Å². The first-order valence-electron chi connectivity index (χ1n) is 4.68. The van der Waals surface area contributed by atoms with Crippen LogP contribution >= 0.6 is 0 Å². The number of aromatic nitrogens is 2. The summed E-state index contributed by atoms with van der Waals surface area (Å²) in [6.45, 7) is 0.902. The van der Waals surface area contributed by atoms with E-state index in [0.717, 1.165) is 0 Å². The van der Waals surface area contributed by atoms with E-state index in [-0.39, 0.29) is 18.2 Å². The topological polar surface area (TPSA) is 56.5 Å². The van der Waals surface area contributed by atoms with Gasteiger partial charge in [-0.1, -0.05) is 0 Å². The second-order valence-corrected chi connectivity index (χ2v) is 3.65. The normalized spacial score (nSPS) is 41.5. The predicted molar refractivity (Wildman–Crippen MR) is 45.6 cm³/mol. The molecule has 2 fully saturated rings. The standard InChI is InChI=1S/C9H11N2O3/c12-7-5-14-8-6(4-13-9(7)8)11-3-1-2-10-11/h2-3,6-9,12H,4-5H2. The molecule has 1 aromatic heterocycles. The van der Waals surface area contributed by atoms with E-state index in [1.54, 1.807) is 17.1 Å². The Morgan fingerprint density at radius 1 is 1.36 bits per heavy atom. The lowest BCUT2D eigenvalue weighted by atomic mass is 10.1. The van der Waals surface area contributed by atoms with Crippen LogP contribution in [-0.4, -0.2) is 46.4 Å². The van der Waals surface area contributed by atoms with Gasteiger partial charge in [-0.05, 0) is 0 Å². The highest BCUT2D eigenvalue weighted by molar-refractivity contribution is 4.97. The lowest BCUT2D eigenvalue weighted by molar-refractivity contribution is 0.0169. The predicted octanol–water partition coefficient (Wildman–Crippen LogP) is -0.617. The molecule has 75 valence electrons. The van der Waals surface area contributed by atoms with E-state index in [0.29, 0.717) is 13.2 Å². The highest BCUT2D eigenvalue weighted by Gasteiger charge is 2.48. The highest BCUT2D eigenvalue weighted by Crippen LogP contribution is 2.33. The molecule has 14 heavy (non-hydrogen) atoms. The van der Waals surface area contributed by atoms with E-state index >= 15 is 0 Å². The summed E-state index contributed by atoms with van der Waals surface area (Å²) >= 11 is 0. The zero-order chi connectivity index (χ0) is 9.54. The van der Waals surface area contributed by atoms with Gasteiger partial charge in [0.15, 0.2) is 0 Å². The Kier molecular flexibility index (Phi) is 1.83. The third-order valence-electron chi connectivity index (χ3n) is 2.81. The van der Waals surface area contributed by atoms with Gasteiger partial charge in [0.2, 0.25) is 0 Å². The Hall–Kier alpha value is -0.910. The molecule has 0 amide bonds. The molecular formula is C9H11N2O3. The maximum Gasteiger partial charge on any atom is 0.114 e. The minimum atomic E-state index is -0.496. The Balaban J connectivity index is 1.84. The van der Waals surface area contributed by atoms with Crippen molar-refractivity contribution in [3.8, 4) is 0 Å². The van der Waals surface area contributed by atoms with Crippen LogP contribution in [0.2, 0.25) is 0 Å². The number of rotatable bonds is 1. The molecule has 2 aliphatic rings. The van der Waals surface area contributed by atoms with Gasteiger partial charge in [0.25, 0.3) is 0 Å². The number of hydrogen-bond acceptors (Lipinski definition) is 4. The van der Waals surface area contributed by atoms with Crippen molar-refractivity contribution in [1.29, 1.82) is 0 Å². The fraction of sp³-hybridized carbons (Fsp3) is 0.667. The molecule has 5 nitrogen and oxygen atoms in total. The zero-order valence-corrected chi connectivity index (χ0v) is 7.54. The molecule has 0 aromatic carbocycles. The van der Waals surface area contributed by atoms with Crippen LogP contribution in [0, 0.1) is 6.07 Å². The van der Waals surface area contributed by atoms with Crippen LogP contribution in [0.4, 0.5) is 0 Å². The molecule has 1 N–H and O–H groups in total. The Labute approximate surface area is 81.2 Å². The SMILES string of the molecule is OC1COC2C1OCC2n1c[c]cn1. The van der Waals surface area contributed by atoms with E-state index in [4.69, 9.17) is 9.47 Å². The highest BCUT2D eigenvalue weighted by atomic mass is 16.6. The fourth-order valence-corrected chi connectivity index (χ4v) is 2.11. The van der Waals surface area contributed by atoms with Crippen molar-refractivity contribution in [3.05, 3.63) is 18.5 Å². The van der Waals surface area contributed by atoms with Crippen molar-refractivity contribution in [2.45, 2.75) is 24.4 Å². The van der Waals surface area contributed by atoms with Crippen molar-refractivity contribution in [3.63, 3.8) is 0 Å². The molecule has 2 aliphatic heterocycles. The van der Waals surface area contributed by atoms with Crippen molar-refractivity contribution < 1.29 is 14.6 Å². The summed E-state index contributed by atoms with van der Waals surface area (Å²) < 4.78 is 12.7. The molecule has 0 saturated carbocycles. The summed E-state index contributed by atoms with van der Waals surface area (Å²) in [6.07, 6.45) is 2.62. The second-order valence-electron chi connectivity index (χ2n) is 3.65. The number of hydrogen-bond donors (Lipinski definition) is 1. The number of aliphatic hydroxyl groups excluding tert-OH is 1. The number of nitrogens with zero attached hydrogens (tertiary/aromatic N) is 2. The average Bonchev–Trinajstić information content (AvgIpc) is 2.84. The van der Waals surface area contributed by atoms with Gasteiger partial charge in [0, 0.05) is 12.3 Å². The first-order valence-corrected chi connectivity index (χ1v) is 4.68. The van der Waals surface area contributed by atoms with E-state index in [2.05, 4.69) is 11.2 Å². The van der Waals surface area contributed by atoms with E-state index < -0.39 is 6.10 Å². The lowest BCUT2D eigenvalue weighted by Crippen LogP contribution is -2.30. The third-order valence-corrected chi connectivity index (χ3v) is 2.81. The zero-order valence-electron chi connectivity index (χ0n) is 7.54. The van der Waals surface area contributed by atoms with Gasteiger partial charge < -0.3 is 14.6 Å². The molecular weight excluding hydrogens is 184 g/mol. The summed E-state index contributed by atoms with van der Waals surface area (Å²) in [7, 11) is 0. The maximum atomic E-state index is 9.53. The van der Waals surface area contributed by atoms with Crippen LogP contribution in [0.1, 0.15) is 6.04 Å². The summed E-state index contributed by atoms with van der Waals surface area (Å²) in [5.74, 6) is 0. The van der Waals surface area contributed by atoms with Crippen molar-refractivity contribution in [2.75, 3.05) is 13.2 Å². The molecule has 5 heteroatoms. The molecule has 4 unspecified atom stereocenters. The average molecular weight is 195 g/mol. The first-order chi connectivity index (χ1) is 6.86. The van der Waals surface area contributed by atoms with Crippen LogP contribution < -0.4 is 0 Å². The molecule has 0 spiro atoms. The molecule has 3 rings (SSSR count). The van der Waals surface area contributed by atoms with Crippen LogP contribution in [0.15, 0.2) is 12.4 Å². The smallest absolute Gasteiger partial charge is 0.114 e. The largest absolute Gasteiger partial charge is 0.388 e. The van der Waals surface area contributed by atoms with Gasteiger partial charge in [0.05, 0.1) is 19.4 Å². The lowest BCUT2D eigenvalue weighted by Gasteiger charge is -2.15. The third kappa shape index (κ3) is 1.10. The minimum Gasteiger partial charge on any atom is -0.388 e. The van der Waals surface area contributed by atoms with Gasteiger partial charge >= 0.3 is 0 Å². The Morgan fingerprint density at radius 3 is 3.00 bits per heavy atom. The van der Waals surface area contributed by atoms with Crippen LogP contribution in [0.25, 0.3) is 0 Å². The van der Waals surface area contributed by atoms with Crippen molar-refractivity contribution in [2.24, 2.45) is 0 Å². The first kappa shape index (κ1) is 8.40. The fourth-order valence-electron chi connectivity index (χ4n) is 2.11. The van der Waals surface area contributed by atoms with Gasteiger partial charge in [0.1, 0.15) is 24.4 Å². The van der Waals surface area contributed by atoms with E-state index in [1.807, 2.05) is 0 Å². The quantitative estimate of drug-likeness (QED) is 0.649. The number of fused-ring (bicyclic) bond motifs is 1. The van der Waals surface area contributed by atoms with Crippen molar-refractivity contribution in [1.82, 2.24) is 9.78 Å². The summed E-state index contributed by atoms with van der Waals surface area (Å²) in [6, 6.07) is 2.95. The second kappa shape index (κ2) is 3.05. The van der Waals surface area contributed by atoms with E-state index in [9.17, 15) is 5.11 Å². The summed E-state index contributed by atoms with van der Waals surface area (Å²) in [4.78, 5) is 0. The number of aliphatic hydroxyl groups is 1. The van der Waals surface area contributed by atoms with Crippen molar-refractivity contribution >= 4 is 0 Å². The monoisotopic (exact) mass is 195 g/mol.